The fraction of sp³-hybridized carbons (Fsp3) is 0.871. The molecule has 68 heavy (non-hydrogen) atoms. The van der Waals surface area contributed by atoms with E-state index in [0.717, 1.165) is 70.6 Å². The fourth-order valence-corrected chi connectivity index (χ4v) is 9.25. The molecule has 0 aromatic rings. The summed E-state index contributed by atoms with van der Waals surface area (Å²) in [5.74, 6) is -0.114. The number of carbonyl (C=O) groups is 2. The number of hydrogen-bond acceptors (Lipinski definition) is 5. The van der Waals surface area contributed by atoms with Gasteiger partial charge in [0.15, 0.2) is 0 Å². The summed E-state index contributed by atoms with van der Waals surface area (Å²) >= 11 is 0. The van der Waals surface area contributed by atoms with E-state index >= 15 is 0 Å². The Balaban J connectivity index is 3.50. The summed E-state index contributed by atoms with van der Waals surface area (Å²) in [5.41, 5.74) is 0. The summed E-state index contributed by atoms with van der Waals surface area (Å²) in [6.07, 6.45) is 71.7. The second-order valence-corrected chi connectivity index (χ2v) is 20.7. The van der Waals surface area contributed by atoms with Crippen molar-refractivity contribution in [1.29, 1.82) is 0 Å². The third-order valence-corrected chi connectivity index (χ3v) is 13.9. The Hall–Kier alpha value is -1.92. The Morgan fingerprint density at radius 2 is 0.735 bits per heavy atom. The maximum atomic E-state index is 12.5. The quantitative estimate of drug-likeness (QED) is 0.0321. The van der Waals surface area contributed by atoms with E-state index in [1.165, 1.54) is 225 Å². The molecule has 0 saturated heterocycles. The zero-order valence-corrected chi connectivity index (χ0v) is 45.6. The number of aliphatic hydroxyl groups excluding tert-OH is 2. The van der Waals surface area contributed by atoms with E-state index < -0.39 is 12.1 Å². The maximum absolute atomic E-state index is 12.5. The molecule has 3 N–H and O–H groups in total. The van der Waals surface area contributed by atoms with Crippen molar-refractivity contribution in [3.05, 3.63) is 36.5 Å². The standard InChI is InChI=1S/C62H117NO5/c1-3-5-7-9-11-13-15-17-19-20-21-22-23-24-25-26-27-28-30-31-34-38-42-46-50-54-60(65)59(58-64)63-61(66)55-51-47-43-39-35-33-37-41-45-49-53-57-68-62(67)56-52-48-44-40-36-32-29-18-16-14-12-10-8-6-4-2/h12,14,18,29,50,54,59-60,64-65H,3-11,13,15-17,19-28,30-49,51-53,55-58H2,1-2H3,(H,63,66)/b14-12-,29-18-,54-50+. The van der Waals surface area contributed by atoms with Crippen LogP contribution < -0.4 is 5.32 Å². The Morgan fingerprint density at radius 3 is 1.15 bits per heavy atom. The van der Waals surface area contributed by atoms with Gasteiger partial charge in [-0.15, -0.1) is 0 Å². The fourth-order valence-electron chi connectivity index (χ4n) is 9.25. The first kappa shape index (κ1) is 66.1. The molecule has 0 bridgehead atoms. The minimum absolute atomic E-state index is 0.0288. The topological polar surface area (TPSA) is 95.9 Å². The number of ether oxygens (including phenoxy) is 1. The predicted octanol–water partition coefficient (Wildman–Crippen LogP) is 18.8. The smallest absolute Gasteiger partial charge is 0.305 e. The number of hydrogen-bond donors (Lipinski definition) is 3. The van der Waals surface area contributed by atoms with E-state index in [9.17, 15) is 19.8 Å². The van der Waals surface area contributed by atoms with Gasteiger partial charge < -0.3 is 20.3 Å². The highest BCUT2D eigenvalue weighted by atomic mass is 16.5. The lowest BCUT2D eigenvalue weighted by Gasteiger charge is -2.20. The van der Waals surface area contributed by atoms with E-state index in [2.05, 4.69) is 43.5 Å². The number of nitrogens with one attached hydrogen (secondary N) is 1. The summed E-state index contributed by atoms with van der Waals surface area (Å²) in [7, 11) is 0. The van der Waals surface area contributed by atoms with Crippen molar-refractivity contribution >= 4 is 11.9 Å². The molecule has 1 amide bonds. The monoisotopic (exact) mass is 956 g/mol. The van der Waals surface area contributed by atoms with E-state index in [-0.39, 0.29) is 18.5 Å². The van der Waals surface area contributed by atoms with E-state index in [1.54, 1.807) is 6.08 Å². The van der Waals surface area contributed by atoms with Crippen LogP contribution in [0, 0.1) is 0 Å². The lowest BCUT2D eigenvalue weighted by molar-refractivity contribution is -0.143. The molecule has 0 radical (unpaired) electrons. The summed E-state index contributed by atoms with van der Waals surface area (Å²) in [5, 5.41) is 23.2. The highest BCUT2D eigenvalue weighted by Gasteiger charge is 2.18. The van der Waals surface area contributed by atoms with E-state index in [0.29, 0.717) is 19.4 Å². The summed E-state index contributed by atoms with van der Waals surface area (Å²) in [6.45, 7) is 4.85. The molecule has 0 aliphatic rings. The third-order valence-electron chi connectivity index (χ3n) is 13.9. The minimum Gasteiger partial charge on any atom is -0.466 e. The highest BCUT2D eigenvalue weighted by molar-refractivity contribution is 5.76. The average molecular weight is 957 g/mol. The number of carbonyl (C=O) groups excluding carboxylic acids is 2. The van der Waals surface area contributed by atoms with Crippen LogP contribution in [-0.2, 0) is 14.3 Å². The van der Waals surface area contributed by atoms with Crippen LogP contribution in [0.1, 0.15) is 322 Å². The maximum Gasteiger partial charge on any atom is 0.305 e. The molecule has 0 spiro atoms. The molecule has 0 aliphatic carbocycles. The lowest BCUT2D eigenvalue weighted by Crippen LogP contribution is -2.45. The molecular weight excluding hydrogens is 839 g/mol. The van der Waals surface area contributed by atoms with Crippen LogP contribution in [0.5, 0.6) is 0 Å². The van der Waals surface area contributed by atoms with Gasteiger partial charge in [-0.05, 0) is 64.2 Å². The molecule has 400 valence electrons. The van der Waals surface area contributed by atoms with Gasteiger partial charge in [0, 0.05) is 12.8 Å². The Kier molecular flexibility index (Phi) is 56.0. The van der Waals surface area contributed by atoms with Crippen molar-refractivity contribution in [2.24, 2.45) is 0 Å². The minimum atomic E-state index is -0.859. The van der Waals surface area contributed by atoms with Crippen LogP contribution in [0.4, 0.5) is 0 Å². The normalized spacial score (nSPS) is 12.8. The first-order valence-corrected chi connectivity index (χ1v) is 30.3. The zero-order valence-electron chi connectivity index (χ0n) is 45.6. The Labute approximate surface area is 424 Å². The summed E-state index contributed by atoms with van der Waals surface area (Å²) in [6, 6.07) is -0.645. The Morgan fingerprint density at radius 1 is 0.412 bits per heavy atom. The first-order valence-electron chi connectivity index (χ1n) is 30.3. The van der Waals surface area contributed by atoms with Crippen molar-refractivity contribution in [3.8, 4) is 0 Å². The molecule has 0 fully saturated rings. The van der Waals surface area contributed by atoms with Crippen LogP contribution in [0.15, 0.2) is 36.5 Å². The largest absolute Gasteiger partial charge is 0.466 e. The van der Waals surface area contributed by atoms with Crippen LogP contribution in [0.25, 0.3) is 0 Å². The van der Waals surface area contributed by atoms with Gasteiger partial charge in [0.1, 0.15) is 0 Å². The Bertz CT molecular complexity index is 1100. The van der Waals surface area contributed by atoms with Gasteiger partial charge in [-0.1, -0.05) is 281 Å². The van der Waals surface area contributed by atoms with Gasteiger partial charge in [-0.2, -0.15) is 0 Å². The molecule has 2 atom stereocenters. The number of aliphatic hydroxyl groups is 2. The van der Waals surface area contributed by atoms with Crippen molar-refractivity contribution in [3.63, 3.8) is 0 Å². The molecule has 6 nitrogen and oxygen atoms in total. The van der Waals surface area contributed by atoms with Gasteiger partial charge in [0.25, 0.3) is 0 Å². The summed E-state index contributed by atoms with van der Waals surface area (Å²) < 4.78 is 5.46. The van der Waals surface area contributed by atoms with Crippen LogP contribution in [0.2, 0.25) is 0 Å². The molecule has 6 heteroatoms. The van der Waals surface area contributed by atoms with Crippen LogP contribution in [0.3, 0.4) is 0 Å². The van der Waals surface area contributed by atoms with Crippen molar-refractivity contribution in [2.45, 2.75) is 334 Å². The number of amides is 1. The number of unbranched alkanes of at least 4 members (excludes halogenated alkanes) is 41. The summed E-state index contributed by atoms with van der Waals surface area (Å²) in [4.78, 5) is 24.5. The van der Waals surface area contributed by atoms with E-state index in [4.69, 9.17) is 4.74 Å². The molecule has 0 aliphatic heterocycles. The van der Waals surface area contributed by atoms with Crippen molar-refractivity contribution in [2.75, 3.05) is 13.2 Å². The second-order valence-electron chi connectivity index (χ2n) is 20.7. The SMILES string of the molecule is CCCCC/C=C\C/C=C\CCCCCCCC(=O)OCCCCCCCCCCCCCC(=O)NC(CO)C(O)/C=C/CCCCCCCCCCCCCCCCCCCCCCCCC. The molecule has 0 aromatic carbocycles. The lowest BCUT2D eigenvalue weighted by atomic mass is 10.0. The number of rotatable bonds is 56. The van der Waals surface area contributed by atoms with Crippen molar-refractivity contribution < 1.29 is 24.5 Å². The molecule has 0 aromatic heterocycles. The molecule has 0 rings (SSSR count). The molecular formula is C62H117NO5. The predicted molar refractivity (Wildman–Crippen MR) is 296 cm³/mol. The third kappa shape index (κ3) is 53.4. The van der Waals surface area contributed by atoms with Gasteiger partial charge in [-0.25, -0.2) is 0 Å². The number of allylic oxidation sites excluding steroid dienone is 5. The van der Waals surface area contributed by atoms with E-state index in [1.807, 2.05) is 6.08 Å². The van der Waals surface area contributed by atoms with Gasteiger partial charge >= 0.3 is 5.97 Å². The molecule has 0 heterocycles. The average Bonchev–Trinajstić information content (AvgIpc) is 3.34. The molecule has 0 saturated carbocycles. The van der Waals surface area contributed by atoms with Gasteiger partial charge in [-0.3, -0.25) is 9.59 Å². The number of esters is 1. The van der Waals surface area contributed by atoms with Crippen LogP contribution >= 0.6 is 0 Å². The van der Waals surface area contributed by atoms with Crippen molar-refractivity contribution in [1.82, 2.24) is 5.32 Å². The van der Waals surface area contributed by atoms with Gasteiger partial charge in [0.05, 0.1) is 25.4 Å². The second kappa shape index (κ2) is 57.7. The first-order chi connectivity index (χ1) is 33.5. The zero-order chi connectivity index (χ0) is 49.3. The van der Waals surface area contributed by atoms with Gasteiger partial charge in [0.2, 0.25) is 5.91 Å². The highest BCUT2D eigenvalue weighted by Crippen LogP contribution is 2.17. The van der Waals surface area contributed by atoms with Crippen LogP contribution in [-0.4, -0.2) is 47.4 Å². The molecule has 2 unspecified atom stereocenters.